The summed E-state index contributed by atoms with van der Waals surface area (Å²) >= 11 is 0. The first kappa shape index (κ1) is 7.95. The van der Waals surface area contributed by atoms with Crippen LogP contribution in [0.4, 0.5) is 0 Å². The van der Waals surface area contributed by atoms with Crippen molar-refractivity contribution in [2.45, 2.75) is 13.2 Å². The van der Waals surface area contributed by atoms with Gasteiger partial charge in [0.2, 0.25) is 0 Å². The molecule has 0 amide bonds. The maximum absolute atomic E-state index is 9.32. The van der Waals surface area contributed by atoms with Gasteiger partial charge in [0, 0.05) is 5.56 Å². The summed E-state index contributed by atoms with van der Waals surface area (Å²) < 4.78 is 0. The average Bonchev–Trinajstić information content (AvgIpc) is 2.07. The van der Waals surface area contributed by atoms with Crippen LogP contribution in [0.1, 0.15) is 18.7 Å². The summed E-state index contributed by atoms with van der Waals surface area (Å²) in [5, 5.41) is 9.32. The SMILES string of the molecule is CC=NC(O)c1ccccc1. The average molecular weight is 149 g/mol. The number of aliphatic imine (C=N–C) groups is 1. The highest BCUT2D eigenvalue weighted by atomic mass is 16.3. The van der Waals surface area contributed by atoms with E-state index in [0.29, 0.717) is 0 Å². The number of nitrogens with zero attached hydrogens (tertiary/aromatic N) is 1. The molecule has 0 fully saturated rings. The van der Waals surface area contributed by atoms with E-state index in [-0.39, 0.29) is 0 Å². The molecule has 1 N–H and O–H groups in total. The maximum Gasteiger partial charge on any atom is 0.170 e. The topological polar surface area (TPSA) is 32.6 Å². The molecule has 58 valence electrons. The Morgan fingerprint density at radius 2 is 2.00 bits per heavy atom. The van der Waals surface area contributed by atoms with Gasteiger partial charge in [-0.15, -0.1) is 0 Å². The summed E-state index contributed by atoms with van der Waals surface area (Å²) in [6.45, 7) is 1.78. The first-order valence-corrected chi connectivity index (χ1v) is 3.55. The molecule has 0 aliphatic carbocycles. The maximum atomic E-state index is 9.32. The third kappa shape index (κ3) is 2.16. The molecule has 0 aliphatic rings. The van der Waals surface area contributed by atoms with Crippen LogP contribution in [0.5, 0.6) is 0 Å². The number of hydrogen-bond donors (Lipinski definition) is 1. The Kier molecular flexibility index (Phi) is 2.81. The van der Waals surface area contributed by atoms with Crippen LogP contribution in [-0.4, -0.2) is 11.3 Å². The molecule has 1 unspecified atom stereocenters. The van der Waals surface area contributed by atoms with Gasteiger partial charge in [0.1, 0.15) is 0 Å². The lowest BCUT2D eigenvalue weighted by molar-refractivity contribution is 0.189. The molecule has 1 aromatic rings. The van der Waals surface area contributed by atoms with Gasteiger partial charge in [0.15, 0.2) is 6.23 Å². The number of benzene rings is 1. The van der Waals surface area contributed by atoms with E-state index in [2.05, 4.69) is 4.99 Å². The largest absolute Gasteiger partial charge is 0.368 e. The fourth-order valence-electron chi connectivity index (χ4n) is 0.852. The molecule has 0 aliphatic heterocycles. The minimum absolute atomic E-state index is 0.707. The first-order chi connectivity index (χ1) is 5.34. The molecule has 1 atom stereocenters. The predicted octanol–water partition coefficient (Wildman–Crippen LogP) is 1.77. The van der Waals surface area contributed by atoms with Crippen molar-refractivity contribution in [3.05, 3.63) is 35.9 Å². The molecule has 1 rings (SSSR count). The molecule has 0 aromatic heterocycles. The van der Waals surface area contributed by atoms with E-state index in [0.717, 1.165) is 5.56 Å². The van der Waals surface area contributed by atoms with Crippen LogP contribution in [-0.2, 0) is 0 Å². The third-order valence-electron chi connectivity index (χ3n) is 1.39. The minimum atomic E-state index is -0.707. The van der Waals surface area contributed by atoms with Gasteiger partial charge in [0.05, 0.1) is 0 Å². The second-order valence-electron chi connectivity index (χ2n) is 2.19. The fourth-order valence-corrected chi connectivity index (χ4v) is 0.852. The summed E-state index contributed by atoms with van der Waals surface area (Å²) in [5.41, 5.74) is 0.825. The highest BCUT2D eigenvalue weighted by Crippen LogP contribution is 2.11. The van der Waals surface area contributed by atoms with Crippen LogP contribution in [0.25, 0.3) is 0 Å². The van der Waals surface area contributed by atoms with Crippen LogP contribution in [0.2, 0.25) is 0 Å². The molecule has 0 radical (unpaired) electrons. The van der Waals surface area contributed by atoms with E-state index < -0.39 is 6.23 Å². The molecule has 0 saturated heterocycles. The highest BCUT2D eigenvalue weighted by Gasteiger charge is 2.00. The normalized spacial score (nSPS) is 13.6. The molecule has 1 aromatic carbocycles. The number of aliphatic hydroxyl groups excluding tert-OH is 1. The Morgan fingerprint density at radius 1 is 1.36 bits per heavy atom. The van der Waals surface area contributed by atoms with Gasteiger partial charge < -0.3 is 5.11 Å². The number of aliphatic hydroxyl groups is 1. The van der Waals surface area contributed by atoms with E-state index >= 15 is 0 Å². The first-order valence-electron chi connectivity index (χ1n) is 3.55. The lowest BCUT2D eigenvalue weighted by Crippen LogP contribution is -1.91. The Balaban J connectivity index is 2.76. The van der Waals surface area contributed by atoms with E-state index in [9.17, 15) is 5.11 Å². The Bertz CT molecular complexity index is 231. The van der Waals surface area contributed by atoms with Crippen molar-refractivity contribution < 1.29 is 5.11 Å². The van der Waals surface area contributed by atoms with E-state index in [1.807, 2.05) is 30.3 Å². The summed E-state index contributed by atoms with van der Waals surface area (Å²) in [5.74, 6) is 0. The van der Waals surface area contributed by atoms with Crippen molar-refractivity contribution in [2.75, 3.05) is 0 Å². The van der Waals surface area contributed by atoms with Crippen LogP contribution in [0.15, 0.2) is 35.3 Å². The van der Waals surface area contributed by atoms with Gasteiger partial charge in [-0.3, -0.25) is 4.99 Å². The minimum Gasteiger partial charge on any atom is -0.368 e. The molecule has 0 spiro atoms. The van der Waals surface area contributed by atoms with E-state index in [1.165, 1.54) is 0 Å². The summed E-state index contributed by atoms with van der Waals surface area (Å²) in [6, 6.07) is 9.36. The summed E-state index contributed by atoms with van der Waals surface area (Å²) in [7, 11) is 0. The molecule has 0 bridgehead atoms. The van der Waals surface area contributed by atoms with Crippen LogP contribution in [0.3, 0.4) is 0 Å². The third-order valence-corrected chi connectivity index (χ3v) is 1.39. The van der Waals surface area contributed by atoms with Crippen molar-refractivity contribution in [1.29, 1.82) is 0 Å². The smallest absolute Gasteiger partial charge is 0.170 e. The zero-order chi connectivity index (χ0) is 8.10. The zero-order valence-corrected chi connectivity index (χ0v) is 6.44. The van der Waals surface area contributed by atoms with E-state index in [4.69, 9.17) is 0 Å². The zero-order valence-electron chi connectivity index (χ0n) is 6.44. The van der Waals surface area contributed by atoms with Crippen molar-refractivity contribution in [2.24, 2.45) is 4.99 Å². The van der Waals surface area contributed by atoms with E-state index in [1.54, 1.807) is 13.1 Å². The van der Waals surface area contributed by atoms with Crippen LogP contribution in [0, 0.1) is 0 Å². The lowest BCUT2D eigenvalue weighted by Gasteiger charge is -2.03. The standard InChI is InChI=1S/C9H11NO/c1-2-10-9(11)8-6-4-3-5-7-8/h2-7,9,11H,1H3. The highest BCUT2D eigenvalue weighted by molar-refractivity contribution is 5.53. The van der Waals surface area contributed by atoms with Gasteiger partial charge in [-0.1, -0.05) is 30.3 Å². The van der Waals surface area contributed by atoms with Gasteiger partial charge in [-0.05, 0) is 13.1 Å². The molecular weight excluding hydrogens is 138 g/mol. The van der Waals surface area contributed by atoms with Crippen molar-refractivity contribution >= 4 is 6.21 Å². The van der Waals surface area contributed by atoms with Gasteiger partial charge in [-0.25, -0.2) is 0 Å². The van der Waals surface area contributed by atoms with Crippen molar-refractivity contribution in [1.82, 2.24) is 0 Å². The monoisotopic (exact) mass is 149 g/mol. The second-order valence-corrected chi connectivity index (χ2v) is 2.19. The van der Waals surface area contributed by atoms with Crippen LogP contribution >= 0.6 is 0 Å². The van der Waals surface area contributed by atoms with Crippen molar-refractivity contribution in [3.63, 3.8) is 0 Å². The molecule has 0 saturated carbocycles. The second kappa shape index (κ2) is 3.88. The lowest BCUT2D eigenvalue weighted by atomic mass is 10.2. The molecule has 2 nitrogen and oxygen atoms in total. The summed E-state index contributed by atoms with van der Waals surface area (Å²) in [6.07, 6.45) is 0.888. The summed E-state index contributed by atoms with van der Waals surface area (Å²) in [4.78, 5) is 3.83. The fraction of sp³-hybridized carbons (Fsp3) is 0.222. The quantitative estimate of drug-likeness (QED) is 0.638. The molecule has 0 heterocycles. The molecule has 2 heteroatoms. The van der Waals surface area contributed by atoms with Gasteiger partial charge in [-0.2, -0.15) is 0 Å². The van der Waals surface area contributed by atoms with Crippen molar-refractivity contribution in [3.8, 4) is 0 Å². The Labute approximate surface area is 66.2 Å². The number of rotatable bonds is 2. The van der Waals surface area contributed by atoms with Gasteiger partial charge in [0.25, 0.3) is 0 Å². The van der Waals surface area contributed by atoms with Gasteiger partial charge >= 0.3 is 0 Å². The Hall–Kier alpha value is -1.15. The molecular formula is C9H11NO. The van der Waals surface area contributed by atoms with Crippen LogP contribution < -0.4 is 0 Å². The predicted molar refractivity (Wildman–Crippen MR) is 45.6 cm³/mol. The Morgan fingerprint density at radius 3 is 2.55 bits per heavy atom. The molecule has 11 heavy (non-hydrogen) atoms. The number of hydrogen-bond acceptors (Lipinski definition) is 2.